The molecule has 0 saturated carbocycles. The van der Waals surface area contributed by atoms with Crippen molar-refractivity contribution in [1.29, 1.82) is 5.26 Å². The molecule has 1 saturated heterocycles. The predicted octanol–water partition coefficient (Wildman–Crippen LogP) is 4.14. The van der Waals surface area contributed by atoms with Gasteiger partial charge in [-0.05, 0) is 40.2 Å². The fraction of sp³-hybridized carbons (Fsp3) is 0.417. The molecule has 0 radical (unpaired) electrons. The highest BCUT2D eigenvalue weighted by molar-refractivity contribution is 5.79. The van der Waals surface area contributed by atoms with Crippen LogP contribution in [0.3, 0.4) is 0 Å². The summed E-state index contributed by atoms with van der Waals surface area (Å²) in [6.07, 6.45) is 7.76. The highest BCUT2D eigenvalue weighted by Crippen LogP contribution is 2.36. The van der Waals surface area contributed by atoms with Gasteiger partial charge in [-0.25, -0.2) is 9.97 Å². The minimum absolute atomic E-state index is 0.284. The van der Waals surface area contributed by atoms with Gasteiger partial charge in [0.2, 0.25) is 0 Å². The maximum Gasteiger partial charge on any atom is 0.147 e. The van der Waals surface area contributed by atoms with Gasteiger partial charge in [-0.1, -0.05) is 24.3 Å². The molecule has 7 heteroatoms. The van der Waals surface area contributed by atoms with E-state index >= 15 is 0 Å². The van der Waals surface area contributed by atoms with Gasteiger partial charge in [-0.15, -0.1) is 0 Å². The molecule has 1 aliphatic rings. The molecule has 1 fully saturated rings. The first-order valence-electron chi connectivity index (χ1n) is 10.5. The van der Waals surface area contributed by atoms with Crippen molar-refractivity contribution in [2.24, 2.45) is 0 Å². The van der Waals surface area contributed by atoms with E-state index in [9.17, 15) is 5.26 Å². The summed E-state index contributed by atoms with van der Waals surface area (Å²) < 4.78 is 1.93. The molecule has 0 aliphatic carbocycles. The number of nitrogens with zero attached hydrogens (tertiary/aromatic N) is 6. The number of rotatable bonds is 8. The molecule has 0 aromatic carbocycles. The zero-order valence-corrected chi connectivity index (χ0v) is 19.1. The zero-order valence-electron chi connectivity index (χ0n) is 19.1. The first-order valence-corrected chi connectivity index (χ1v) is 10.5. The Morgan fingerprint density at radius 2 is 1.90 bits per heavy atom. The number of aromatic nitrogens is 4. The van der Waals surface area contributed by atoms with Crippen LogP contribution in [0.25, 0.3) is 11.3 Å². The Kier molecular flexibility index (Phi) is 6.30. The Balaban J connectivity index is 1.78. The van der Waals surface area contributed by atoms with Crippen LogP contribution in [0, 0.1) is 11.3 Å². The monoisotopic (exact) mass is 417 g/mol. The summed E-state index contributed by atoms with van der Waals surface area (Å²) >= 11 is 0. The molecule has 2 aromatic heterocycles. The second-order valence-corrected chi connectivity index (χ2v) is 8.78. The number of hydrogen-bond acceptors (Lipinski definition) is 6. The van der Waals surface area contributed by atoms with E-state index in [0.717, 1.165) is 33.9 Å². The lowest BCUT2D eigenvalue weighted by Gasteiger charge is -2.49. The van der Waals surface area contributed by atoms with E-state index in [2.05, 4.69) is 72.2 Å². The van der Waals surface area contributed by atoms with Gasteiger partial charge in [0.1, 0.15) is 17.1 Å². The topological polar surface area (TPSA) is 82.7 Å². The lowest BCUT2D eigenvalue weighted by atomic mass is 9.86. The van der Waals surface area contributed by atoms with Crippen molar-refractivity contribution in [3.63, 3.8) is 0 Å². The summed E-state index contributed by atoms with van der Waals surface area (Å²) in [5, 5.41) is 17.3. The average molecular weight is 418 g/mol. The Hall–Kier alpha value is -3.40. The van der Waals surface area contributed by atoms with Gasteiger partial charge in [0.05, 0.1) is 36.8 Å². The minimum atomic E-state index is -0.377. The first kappa shape index (κ1) is 22.3. The fourth-order valence-corrected chi connectivity index (χ4v) is 4.05. The van der Waals surface area contributed by atoms with E-state index < -0.39 is 0 Å². The van der Waals surface area contributed by atoms with Crippen molar-refractivity contribution in [2.45, 2.75) is 52.6 Å². The maximum absolute atomic E-state index is 9.47. The smallest absolute Gasteiger partial charge is 0.147 e. The molecule has 162 valence electrons. The van der Waals surface area contributed by atoms with Gasteiger partial charge in [0.15, 0.2) is 0 Å². The molecule has 2 aromatic rings. The Bertz CT molecular complexity index is 1040. The van der Waals surface area contributed by atoms with Gasteiger partial charge in [-0.2, -0.15) is 10.4 Å². The molecule has 31 heavy (non-hydrogen) atoms. The number of nitrogens with one attached hydrogen (secondary N) is 1. The molecule has 3 rings (SSSR count). The molecular weight excluding hydrogens is 386 g/mol. The van der Waals surface area contributed by atoms with Gasteiger partial charge >= 0.3 is 0 Å². The van der Waals surface area contributed by atoms with Gasteiger partial charge in [0.25, 0.3) is 0 Å². The Labute approximate surface area is 184 Å². The Morgan fingerprint density at radius 1 is 1.19 bits per heavy atom. The normalized spacial score (nSPS) is 14.5. The summed E-state index contributed by atoms with van der Waals surface area (Å²) in [4.78, 5) is 11.2. The van der Waals surface area contributed by atoms with Crippen LogP contribution in [-0.2, 0) is 5.54 Å². The lowest BCUT2D eigenvalue weighted by Crippen LogP contribution is -2.63. The third-order valence-corrected chi connectivity index (χ3v) is 5.40. The van der Waals surface area contributed by atoms with Crippen molar-refractivity contribution in [1.82, 2.24) is 25.1 Å². The van der Waals surface area contributed by atoms with Gasteiger partial charge in [-0.3, -0.25) is 4.68 Å². The van der Waals surface area contributed by atoms with Crippen LogP contribution >= 0.6 is 0 Å². The second-order valence-electron chi connectivity index (χ2n) is 8.78. The summed E-state index contributed by atoms with van der Waals surface area (Å²) in [5.41, 5.74) is 5.46. The van der Waals surface area contributed by atoms with E-state index in [-0.39, 0.29) is 11.6 Å². The molecule has 1 N–H and O–H groups in total. The number of anilines is 1. The van der Waals surface area contributed by atoms with Crippen LogP contribution in [-0.4, -0.2) is 38.9 Å². The summed E-state index contributed by atoms with van der Waals surface area (Å²) in [5.74, 6) is 0.786. The highest BCUT2D eigenvalue weighted by atomic mass is 15.4. The first-order chi connectivity index (χ1) is 14.7. The summed E-state index contributed by atoms with van der Waals surface area (Å²) in [7, 11) is 0. The van der Waals surface area contributed by atoms with Crippen LogP contribution in [0.15, 0.2) is 49.1 Å². The highest BCUT2D eigenvalue weighted by Gasteiger charge is 2.46. The maximum atomic E-state index is 9.47. The lowest BCUT2D eigenvalue weighted by molar-refractivity contribution is 0.197. The largest absolute Gasteiger partial charge is 0.382 e. The fourth-order valence-electron chi connectivity index (χ4n) is 4.05. The molecular formula is C24H31N7. The van der Waals surface area contributed by atoms with E-state index in [1.807, 2.05) is 24.0 Å². The third kappa shape index (κ3) is 4.53. The van der Waals surface area contributed by atoms with Crippen LogP contribution < -0.4 is 10.2 Å². The van der Waals surface area contributed by atoms with Crippen molar-refractivity contribution >= 4 is 17.1 Å². The third-order valence-electron chi connectivity index (χ3n) is 5.40. The van der Waals surface area contributed by atoms with Gasteiger partial charge < -0.3 is 10.2 Å². The quantitative estimate of drug-likeness (QED) is 0.650. The molecule has 3 heterocycles. The van der Waals surface area contributed by atoms with Crippen molar-refractivity contribution in [3.05, 3.63) is 60.3 Å². The minimum Gasteiger partial charge on any atom is -0.382 e. The van der Waals surface area contributed by atoms with Crippen LogP contribution in [0.5, 0.6) is 0 Å². The average Bonchev–Trinajstić information content (AvgIpc) is 3.13. The SMILES string of the molecule is C=C(C)C(=C(C)C)c1cnn(C2(CC#N)CN(c3cnc(C(=C)NC(C)C)cn3)C2)c1. The van der Waals surface area contributed by atoms with Crippen LogP contribution in [0.1, 0.15) is 52.3 Å². The van der Waals surface area contributed by atoms with Gasteiger partial charge in [0, 0.05) is 30.9 Å². The van der Waals surface area contributed by atoms with Crippen LogP contribution in [0.2, 0.25) is 0 Å². The predicted molar refractivity (Wildman–Crippen MR) is 125 cm³/mol. The zero-order chi connectivity index (χ0) is 22.8. The van der Waals surface area contributed by atoms with Crippen LogP contribution in [0.4, 0.5) is 5.82 Å². The summed E-state index contributed by atoms with van der Waals surface area (Å²) in [6, 6.07) is 2.62. The molecule has 7 nitrogen and oxygen atoms in total. The van der Waals surface area contributed by atoms with Crippen molar-refractivity contribution in [3.8, 4) is 6.07 Å². The number of nitriles is 1. The van der Waals surface area contributed by atoms with E-state index in [1.54, 1.807) is 12.4 Å². The molecule has 0 amide bonds. The number of hydrogen-bond donors (Lipinski definition) is 1. The molecule has 0 atom stereocenters. The second kappa shape index (κ2) is 8.76. The molecule has 0 spiro atoms. The van der Waals surface area contributed by atoms with Crippen molar-refractivity contribution in [2.75, 3.05) is 18.0 Å². The van der Waals surface area contributed by atoms with E-state index in [4.69, 9.17) is 0 Å². The van der Waals surface area contributed by atoms with E-state index in [1.165, 1.54) is 5.57 Å². The molecule has 1 aliphatic heterocycles. The van der Waals surface area contributed by atoms with Crippen molar-refractivity contribution < 1.29 is 0 Å². The molecule has 0 unspecified atom stereocenters. The summed E-state index contributed by atoms with van der Waals surface area (Å²) in [6.45, 7) is 19.7. The van der Waals surface area contributed by atoms with E-state index in [0.29, 0.717) is 19.5 Å². The molecule has 0 bridgehead atoms. The Morgan fingerprint density at radius 3 is 2.42 bits per heavy atom. The standard InChI is InChI=1S/C24H31N7/c1-16(2)23(17(3)4)20-10-28-31(13-20)24(8-9-25)14-30(15-24)22-12-26-21(11-27-22)19(7)29-18(5)6/h10-13,18,29H,1,7-8,14-15H2,2-6H3. The number of allylic oxidation sites excluding steroid dienone is 3.